The van der Waals surface area contributed by atoms with Crippen LogP contribution in [0.15, 0.2) is 69.6 Å². The third-order valence-electron chi connectivity index (χ3n) is 6.87. The van der Waals surface area contributed by atoms with E-state index >= 15 is 0 Å². The minimum absolute atomic E-state index is 0.0490. The maximum atomic E-state index is 14.1. The van der Waals surface area contributed by atoms with Crippen LogP contribution in [0.1, 0.15) is 57.4 Å². The number of thiazole rings is 1. The molecule has 2 aliphatic rings. The zero-order chi connectivity index (χ0) is 26.6. The van der Waals surface area contributed by atoms with Gasteiger partial charge in [-0.1, -0.05) is 74.6 Å². The molecule has 5 rings (SSSR count). The number of para-hydroxylation sites is 1. The lowest BCUT2D eigenvalue weighted by molar-refractivity contribution is -0.139. The van der Waals surface area contributed by atoms with E-state index in [1.807, 2.05) is 48.5 Å². The van der Waals surface area contributed by atoms with E-state index in [4.69, 9.17) is 4.74 Å². The molecule has 1 aromatic heterocycles. The number of carbonyl (C=O) groups excluding carboxylic acids is 2. The molecule has 3 aromatic rings. The van der Waals surface area contributed by atoms with Crippen LogP contribution in [-0.4, -0.2) is 30.1 Å². The highest BCUT2D eigenvalue weighted by Crippen LogP contribution is 2.35. The summed E-state index contributed by atoms with van der Waals surface area (Å²) in [6, 6.07) is 14.7. The number of nitrogens with zero attached hydrogens (tertiary/aromatic N) is 3. The number of fused-ring (bicyclic) bond motifs is 2. The Hall–Kier alpha value is -3.78. The minimum Gasteiger partial charge on any atom is -0.463 e. The van der Waals surface area contributed by atoms with Gasteiger partial charge in [0.15, 0.2) is 4.80 Å². The van der Waals surface area contributed by atoms with E-state index in [1.165, 1.54) is 15.9 Å². The van der Waals surface area contributed by atoms with Gasteiger partial charge in [0.2, 0.25) is 0 Å². The highest BCUT2D eigenvalue weighted by atomic mass is 32.1. The molecule has 0 fully saturated rings. The van der Waals surface area contributed by atoms with Crippen LogP contribution in [0.2, 0.25) is 0 Å². The molecule has 0 spiro atoms. The van der Waals surface area contributed by atoms with Crippen LogP contribution in [0.5, 0.6) is 0 Å². The van der Waals surface area contributed by atoms with Gasteiger partial charge in [0, 0.05) is 12.6 Å². The van der Waals surface area contributed by atoms with Crippen molar-refractivity contribution in [3.63, 3.8) is 0 Å². The summed E-state index contributed by atoms with van der Waals surface area (Å²) in [7, 11) is 1.70. The fourth-order valence-electron chi connectivity index (χ4n) is 4.91. The lowest BCUT2D eigenvalue weighted by Crippen LogP contribution is -2.40. The fraction of sp³-hybridized carbons (Fsp3) is 0.310. The molecular formula is C29H29N3O4S. The summed E-state index contributed by atoms with van der Waals surface area (Å²) in [6.07, 6.45) is 0. The van der Waals surface area contributed by atoms with Gasteiger partial charge in [-0.05, 0) is 36.5 Å². The molecule has 190 valence electrons. The Labute approximate surface area is 219 Å². The Bertz CT molecular complexity index is 1650. The number of esters is 1. The van der Waals surface area contributed by atoms with Crippen molar-refractivity contribution in [2.45, 2.75) is 46.1 Å². The number of rotatable bonds is 3. The third-order valence-corrected chi connectivity index (χ3v) is 7.92. The van der Waals surface area contributed by atoms with Gasteiger partial charge in [0.05, 0.1) is 35.2 Å². The molecule has 0 bridgehead atoms. The molecule has 8 heteroatoms. The predicted molar refractivity (Wildman–Crippen MR) is 144 cm³/mol. The van der Waals surface area contributed by atoms with Crippen molar-refractivity contribution in [2.75, 3.05) is 18.6 Å². The normalized spacial score (nSPS) is 18.5. The first-order chi connectivity index (χ1) is 17.5. The number of hydrogen-bond donors (Lipinski definition) is 0. The maximum absolute atomic E-state index is 14.1. The highest BCUT2D eigenvalue weighted by molar-refractivity contribution is 7.07. The van der Waals surface area contributed by atoms with E-state index in [0.717, 1.165) is 16.8 Å². The molecule has 37 heavy (non-hydrogen) atoms. The summed E-state index contributed by atoms with van der Waals surface area (Å²) >= 11 is 1.18. The number of likely N-dealkylation sites (N-methyl/N-ethyl adjacent to an activating group) is 1. The van der Waals surface area contributed by atoms with Crippen LogP contribution >= 0.6 is 11.3 Å². The third kappa shape index (κ3) is 3.96. The number of ether oxygens (including phenoxy) is 1. The minimum atomic E-state index is -0.719. The molecule has 0 saturated heterocycles. The molecule has 7 nitrogen and oxygen atoms in total. The molecule has 0 radical (unpaired) electrons. The topological polar surface area (TPSA) is 81.0 Å². The second kappa shape index (κ2) is 8.95. The zero-order valence-corrected chi connectivity index (χ0v) is 22.6. The Morgan fingerprint density at radius 2 is 1.76 bits per heavy atom. The van der Waals surface area contributed by atoms with E-state index in [1.54, 1.807) is 25.8 Å². The molecule has 0 saturated carbocycles. The van der Waals surface area contributed by atoms with E-state index in [2.05, 4.69) is 25.8 Å². The predicted octanol–water partition coefficient (Wildman–Crippen LogP) is 3.44. The van der Waals surface area contributed by atoms with Gasteiger partial charge < -0.3 is 9.64 Å². The molecule has 0 unspecified atom stereocenters. The molecule has 2 aromatic carbocycles. The number of aromatic nitrogens is 1. The summed E-state index contributed by atoms with van der Waals surface area (Å²) in [6.45, 7) is 10.1. The summed E-state index contributed by atoms with van der Waals surface area (Å²) < 4.78 is 7.23. The monoisotopic (exact) mass is 515 g/mol. The SMILES string of the molecule is CCOC(=O)C1=C(C)N=c2sc(=C3C(=O)N(C)c4ccccc43)c(=O)n2[C@@H]1c1ccc(C(C)(C)C)cc1. The van der Waals surface area contributed by atoms with Gasteiger partial charge in [-0.3, -0.25) is 14.2 Å². The van der Waals surface area contributed by atoms with Crippen LogP contribution in [0, 0.1) is 0 Å². The standard InChI is InChI=1S/C29H29N3O4S/c1-7-36-27(35)21-16(2)30-28-32(23(21)17-12-14-18(15-13-17)29(3,4)5)26(34)24(37-28)22-19-10-8-9-11-20(19)31(6)25(22)33/h8-15,23H,7H2,1-6H3/t23-/m1/s1. The van der Waals surface area contributed by atoms with Gasteiger partial charge >= 0.3 is 5.97 Å². The summed E-state index contributed by atoms with van der Waals surface area (Å²) in [5, 5.41) is 0. The summed E-state index contributed by atoms with van der Waals surface area (Å²) in [5.74, 6) is -0.743. The van der Waals surface area contributed by atoms with Crippen molar-refractivity contribution in [1.82, 2.24) is 4.57 Å². The van der Waals surface area contributed by atoms with Crippen LogP contribution in [0.25, 0.3) is 5.57 Å². The van der Waals surface area contributed by atoms with Crippen molar-refractivity contribution < 1.29 is 14.3 Å². The van der Waals surface area contributed by atoms with Gasteiger partial charge in [0.25, 0.3) is 11.5 Å². The van der Waals surface area contributed by atoms with Gasteiger partial charge in [0.1, 0.15) is 4.53 Å². The van der Waals surface area contributed by atoms with Crippen molar-refractivity contribution in [2.24, 2.45) is 4.99 Å². The number of hydrogen-bond acceptors (Lipinski definition) is 6. The van der Waals surface area contributed by atoms with E-state index in [-0.39, 0.29) is 23.5 Å². The zero-order valence-electron chi connectivity index (χ0n) is 21.8. The van der Waals surface area contributed by atoms with Gasteiger partial charge in [-0.2, -0.15) is 0 Å². The average Bonchev–Trinajstić information content (AvgIpc) is 3.30. The highest BCUT2D eigenvalue weighted by Gasteiger charge is 2.36. The lowest BCUT2D eigenvalue weighted by Gasteiger charge is -2.26. The first-order valence-electron chi connectivity index (χ1n) is 12.2. The van der Waals surface area contributed by atoms with Crippen LogP contribution in [-0.2, 0) is 19.7 Å². The fourth-order valence-corrected chi connectivity index (χ4v) is 6.05. The summed E-state index contributed by atoms with van der Waals surface area (Å²) in [4.78, 5) is 47.1. The number of amides is 1. The Balaban J connectivity index is 1.80. The van der Waals surface area contributed by atoms with Crippen LogP contribution < -0.4 is 19.8 Å². The van der Waals surface area contributed by atoms with E-state index < -0.39 is 12.0 Å². The van der Waals surface area contributed by atoms with Crippen molar-refractivity contribution >= 4 is 34.5 Å². The average molecular weight is 516 g/mol. The molecular weight excluding hydrogens is 486 g/mol. The van der Waals surface area contributed by atoms with E-state index in [9.17, 15) is 14.4 Å². The number of carbonyl (C=O) groups is 2. The first-order valence-corrected chi connectivity index (χ1v) is 13.1. The first kappa shape index (κ1) is 24.9. The van der Waals surface area contributed by atoms with Crippen molar-refractivity contribution in [3.05, 3.63) is 96.2 Å². The molecule has 0 N–H and O–H groups in total. The number of allylic oxidation sites excluding steroid dienone is 1. The number of benzene rings is 2. The van der Waals surface area contributed by atoms with Crippen molar-refractivity contribution in [1.29, 1.82) is 0 Å². The Morgan fingerprint density at radius 3 is 2.41 bits per heavy atom. The molecule has 3 heterocycles. The second-order valence-electron chi connectivity index (χ2n) is 10.3. The van der Waals surface area contributed by atoms with Gasteiger partial charge in [-0.25, -0.2) is 9.79 Å². The smallest absolute Gasteiger partial charge is 0.338 e. The van der Waals surface area contributed by atoms with Gasteiger partial charge in [-0.15, -0.1) is 0 Å². The van der Waals surface area contributed by atoms with Crippen LogP contribution in [0.3, 0.4) is 0 Å². The number of anilines is 1. The quantitative estimate of drug-likeness (QED) is 0.501. The second-order valence-corrected chi connectivity index (χ2v) is 11.2. The molecule has 2 aliphatic heterocycles. The molecule has 0 aliphatic carbocycles. The molecule has 1 amide bonds. The van der Waals surface area contributed by atoms with Crippen LogP contribution in [0.4, 0.5) is 5.69 Å². The van der Waals surface area contributed by atoms with E-state index in [0.29, 0.717) is 31.7 Å². The largest absolute Gasteiger partial charge is 0.463 e. The summed E-state index contributed by atoms with van der Waals surface area (Å²) in [5.41, 5.74) is 4.17. The Kier molecular flexibility index (Phi) is 6.02. The van der Waals surface area contributed by atoms with Crippen molar-refractivity contribution in [3.8, 4) is 0 Å². The Morgan fingerprint density at radius 1 is 1.08 bits per heavy atom. The lowest BCUT2D eigenvalue weighted by atomic mass is 9.85. The molecule has 1 atom stereocenters. The maximum Gasteiger partial charge on any atom is 0.338 e.